The number of hydrogen-bond donors (Lipinski definition) is 0. The highest BCUT2D eigenvalue weighted by atomic mass is 79.9. The molecule has 2 aromatic rings. The van der Waals surface area contributed by atoms with Gasteiger partial charge in [0.15, 0.2) is 0 Å². The van der Waals surface area contributed by atoms with Gasteiger partial charge in [-0.2, -0.15) is 0 Å². The van der Waals surface area contributed by atoms with Crippen molar-refractivity contribution in [1.82, 2.24) is 19.9 Å². The van der Waals surface area contributed by atoms with E-state index < -0.39 is 0 Å². The summed E-state index contributed by atoms with van der Waals surface area (Å²) >= 11 is 3.46. The van der Waals surface area contributed by atoms with Gasteiger partial charge in [-0.3, -0.25) is 4.79 Å². The van der Waals surface area contributed by atoms with Gasteiger partial charge < -0.3 is 4.90 Å². The number of carbonyl (C=O) groups excluding carboxylic acids is 1. The van der Waals surface area contributed by atoms with E-state index in [1.54, 1.807) is 6.20 Å². The van der Waals surface area contributed by atoms with Crippen molar-refractivity contribution in [3.8, 4) is 0 Å². The van der Waals surface area contributed by atoms with Crippen LogP contribution in [0.3, 0.4) is 0 Å². The van der Waals surface area contributed by atoms with Crippen LogP contribution in [-0.4, -0.2) is 32.3 Å². The van der Waals surface area contributed by atoms with Gasteiger partial charge in [-0.05, 0) is 30.5 Å². The lowest BCUT2D eigenvalue weighted by atomic mass is 10.0. The minimum absolute atomic E-state index is 0.0859. The molecule has 0 spiro atoms. The van der Waals surface area contributed by atoms with Gasteiger partial charge >= 0.3 is 0 Å². The van der Waals surface area contributed by atoms with Gasteiger partial charge in [0, 0.05) is 23.1 Å². The fourth-order valence-electron chi connectivity index (χ4n) is 2.68. The number of carbonyl (C=O) groups is 1. The second kappa shape index (κ2) is 5.97. The van der Waals surface area contributed by atoms with Crippen molar-refractivity contribution in [2.24, 2.45) is 0 Å². The molecule has 110 valence electrons. The molecule has 21 heavy (non-hydrogen) atoms. The Morgan fingerprint density at radius 2 is 2.24 bits per heavy atom. The molecule has 0 radical (unpaired) electrons. The smallest absolute Gasteiger partial charge is 0.254 e. The number of nitrogens with zero attached hydrogens (tertiary/aromatic N) is 4. The Morgan fingerprint density at radius 1 is 1.38 bits per heavy atom. The zero-order chi connectivity index (χ0) is 14.8. The molecule has 0 atom stereocenters. The lowest BCUT2D eigenvalue weighted by molar-refractivity contribution is 0.0744. The first-order chi connectivity index (χ1) is 10.2. The lowest BCUT2D eigenvalue weighted by Crippen LogP contribution is -2.31. The van der Waals surface area contributed by atoms with E-state index >= 15 is 0 Å². The zero-order valence-corrected chi connectivity index (χ0v) is 13.5. The average Bonchev–Trinajstić information content (AvgIpc) is 2.83. The summed E-state index contributed by atoms with van der Waals surface area (Å²) in [7, 11) is 0. The van der Waals surface area contributed by atoms with Crippen LogP contribution < -0.4 is 0 Å². The van der Waals surface area contributed by atoms with E-state index in [4.69, 9.17) is 0 Å². The summed E-state index contributed by atoms with van der Waals surface area (Å²) in [5.41, 5.74) is 2.86. The molecule has 5 nitrogen and oxygen atoms in total. The van der Waals surface area contributed by atoms with Crippen molar-refractivity contribution < 1.29 is 4.79 Å². The summed E-state index contributed by atoms with van der Waals surface area (Å²) in [6.07, 6.45) is 3.49. The van der Waals surface area contributed by atoms with Gasteiger partial charge in [0.2, 0.25) is 0 Å². The van der Waals surface area contributed by atoms with Crippen LogP contribution in [0.1, 0.15) is 35.0 Å². The van der Waals surface area contributed by atoms with Crippen molar-refractivity contribution in [2.45, 2.75) is 32.9 Å². The number of amides is 1. The van der Waals surface area contributed by atoms with Crippen molar-refractivity contribution >= 4 is 21.8 Å². The van der Waals surface area contributed by atoms with Crippen molar-refractivity contribution in [3.63, 3.8) is 0 Å². The van der Waals surface area contributed by atoms with E-state index in [9.17, 15) is 4.79 Å². The molecule has 6 heteroatoms. The first kappa shape index (κ1) is 14.3. The summed E-state index contributed by atoms with van der Waals surface area (Å²) < 4.78 is 2.82. The zero-order valence-electron chi connectivity index (χ0n) is 11.9. The van der Waals surface area contributed by atoms with Crippen LogP contribution >= 0.6 is 15.9 Å². The van der Waals surface area contributed by atoms with Crippen LogP contribution in [0, 0.1) is 0 Å². The van der Waals surface area contributed by atoms with Crippen LogP contribution in [0.5, 0.6) is 0 Å². The molecule has 0 N–H and O–H groups in total. The number of benzene rings is 1. The Labute approximate surface area is 132 Å². The Hall–Kier alpha value is -1.69. The standard InChI is InChI=1S/C15H17BrN4O/c1-2-11-4-5-12(16)8-14(11)15(21)19-6-3-7-20-13(10-19)9-17-18-20/h4-5,8-9H,2-3,6-7,10H2,1H3. The first-order valence-electron chi connectivity index (χ1n) is 7.14. The number of aromatic nitrogens is 3. The molecule has 1 amide bonds. The van der Waals surface area contributed by atoms with Crippen LogP contribution in [0.15, 0.2) is 28.9 Å². The SMILES string of the molecule is CCc1ccc(Br)cc1C(=O)N1CCCn2nncc2C1. The van der Waals surface area contributed by atoms with Gasteiger partial charge in [0.1, 0.15) is 0 Å². The summed E-state index contributed by atoms with van der Waals surface area (Å²) in [6, 6.07) is 5.92. The molecule has 1 aromatic heterocycles. The Morgan fingerprint density at radius 3 is 3.05 bits per heavy atom. The number of fused-ring (bicyclic) bond motifs is 1. The van der Waals surface area contributed by atoms with Crippen molar-refractivity contribution in [2.75, 3.05) is 6.54 Å². The van der Waals surface area contributed by atoms with Crippen LogP contribution in [0.4, 0.5) is 0 Å². The van der Waals surface area contributed by atoms with E-state index in [0.717, 1.165) is 47.2 Å². The fourth-order valence-corrected chi connectivity index (χ4v) is 3.04. The fraction of sp³-hybridized carbons (Fsp3) is 0.400. The monoisotopic (exact) mass is 348 g/mol. The van der Waals surface area contributed by atoms with Gasteiger partial charge in [0.05, 0.1) is 18.4 Å². The third-order valence-electron chi connectivity index (χ3n) is 3.82. The second-order valence-electron chi connectivity index (χ2n) is 5.18. The third kappa shape index (κ3) is 2.85. The molecular formula is C15H17BrN4O. The minimum Gasteiger partial charge on any atom is -0.333 e. The Kier molecular flexibility index (Phi) is 4.05. The van der Waals surface area contributed by atoms with E-state index in [0.29, 0.717) is 6.54 Å². The van der Waals surface area contributed by atoms with Crippen molar-refractivity contribution in [3.05, 3.63) is 45.7 Å². The lowest BCUT2D eigenvalue weighted by Gasteiger charge is -2.21. The largest absolute Gasteiger partial charge is 0.333 e. The second-order valence-corrected chi connectivity index (χ2v) is 6.10. The highest BCUT2D eigenvalue weighted by Crippen LogP contribution is 2.21. The predicted octanol–water partition coefficient (Wildman–Crippen LogP) is 2.65. The molecule has 0 aliphatic carbocycles. The molecule has 0 bridgehead atoms. The third-order valence-corrected chi connectivity index (χ3v) is 4.31. The van der Waals surface area contributed by atoms with E-state index in [-0.39, 0.29) is 5.91 Å². The van der Waals surface area contributed by atoms with E-state index in [1.165, 1.54) is 0 Å². The van der Waals surface area contributed by atoms with E-state index in [2.05, 4.69) is 33.2 Å². The van der Waals surface area contributed by atoms with Gasteiger partial charge in [-0.1, -0.05) is 34.1 Å². The maximum atomic E-state index is 12.9. The van der Waals surface area contributed by atoms with Crippen LogP contribution in [0.25, 0.3) is 0 Å². The molecule has 0 saturated carbocycles. The summed E-state index contributed by atoms with van der Waals surface area (Å²) in [4.78, 5) is 14.8. The van der Waals surface area contributed by atoms with Crippen LogP contribution in [-0.2, 0) is 19.5 Å². The Bertz CT molecular complexity index is 667. The molecular weight excluding hydrogens is 332 g/mol. The molecule has 1 aliphatic heterocycles. The molecule has 3 rings (SSSR count). The number of halogens is 1. The normalized spacial score (nSPS) is 14.7. The first-order valence-corrected chi connectivity index (χ1v) is 7.93. The van der Waals surface area contributed by atoms with Gasteiger partial charge in [0.25, 0.3) is 5.91 Å². The average molecular weight is 349 g/mol. The topological polar surface area (TPSA) is 51.0 Å². The molecule has 0 saturated heterocycles. The predicted molar refractivity (Wildman–Crippen MR) is 82.9 cm³/mol. The van der Waals surface area contributed by atoms with Gasteiger partial charge in [-0.25, -0.2) is 4.68 Å². The molecule has 2 heterocycles. The summed E-state index contributed by atoms with van der Waals surface area (Å²) in [6.45, 7) is 4.21. The maximum absolute atomic E-state index is 12.9. The molecule has 0 unspecified atom stereocenters. The molecule has 0 fully saturated rings. The highest BCUT2D eigenvalue weighted by Gasteiger charge is 2.22. The van der Waals surface area contributed by atoms with Crippen molar-refractivity contribution in [1.29, 1.82) is 0 Å². The van der Waals surface area contributed by atoms with E-state index in [1.807, 2.05) is 27.8 Å². The number of hydrogen-bond acceptors (Lipinski definition) is 3. The molecule has 1 aromatic carbocycles. The minimum atomic E-state index is 0.0859. The maximum Gasteiger partial charge on any atom is 0.254 e. The quantitative estimate of drug-likeness (QED) is 0.838. The highest BCUT2D eigenvalue weighted by molar-refractivity contribution is 9.10. The van der Waals surface area contributed by atoms with Gasteiger partial charge in [-0.15, -0.1) is 5.10 Å². The summed E-state index contributed by atoms with van der Waals surface area (Å²) in [5.74, 6) is 0.0859. The number of aryl methyl sites for hydroxylation is 2. The molecule has 1 aliphatic rings. The number of rotatable bonds is 2. The summed E-state index contributed by atoms with van der Waals surface area (Å²) in [5, 5.41) is 7.98. The van der Waals surface area contributed by atoms with Crippen LogP contribution in [0.2, 0.25) is 0 Å². The Balaban J connectivity index is 1.90.